The first-order valence-electron chi connectivity index (χ1n) is 11.4. The maximum atomic E-state index is 13.4. The van der Waals surface area contributed by atoms with Crippen LogP contribution in [0.5, 0.6) is 11.5 Å². The number of anilines is 1. The Labute approximate surface area is 206 Å². The number of nitrogens with zero attached hydrogens (tertiary/aromatic N) is 1. The number of pyridine rings is 1. The van der Waals surface area contributed by atoms with Crippen LogP contribution in [0.25, 0.3) is 11.3 Å². The number of aromatic nitrogens is 1. The minimum atomic E-state index is -3.71. The first kappa shape index (κ1) is 23.5. The molecule has 2 aliphatic rings. The molecule has 0 unspecified atom stereocenters. The summed E-state index contributed by atoms with van der Waals surface area (Å²) in [7, 11) is 1.56. The summed E-state index contributed by atoms with van der Waals surface area (Å²) >= 11 is 0. The number of carbonyl (C=O) groups excluding carboxylic acids is 2. The number of urea groups is 1. The number of nitrogens with one attached hydrogen (secondary N) is 3. The van der Waals surface area contributed by atoms with E-state index in [1.165, 1.54) is 12.1 Å². The van der Waals surface area contributed by atoms with Crippen molar-refractivity contribution >= 4 is 17.8 Å². The molecule has 0 radical (unpaired) electrons. The average Bonchev–Trinajstić information content (AvgIpc) is 3.61. The van der Waals surface area contributed by atoms with Crippen molar-refractivity contribution in [1.29, 1.82) is 0 Å². The lowest BCUT2D eigenvalue weighted by molar-refractivity contribution is -0.286. The van der Waals surface area contributed by atoms with Crippen LogP contribution < -0.4 is 25.4 Å². The van der Waals surface area contributed by atoms with Gasteiger partial charge in [0.25, 0.3) is 0 Å². The van der Waals surface area contributed by atoms with E-state index in [0.29, 0.717) is 36.5 Å². The molecular weight excluding hydrogens is 470 g/mol. The third-order valence-electron chi connectivity index (χ3n) is 6.38. The Hall–Kier alpha value is -4.21. The van der Waals surface area contributed by atoms with E-state index < -0.39 is 11.7 Å². The number of fused-ring (bicyclic) bond motifs is 1. The second-order valence-corrected chi connectivity index (χ2v) is 8.86. The number of aryl methyl sites for hydroxylation is 1. The van der Waals surface area contributed by atoms with Crippen LogP contribution in [0, 0.1) is 6.92 Å². The van der Waals surface area contributed by atoms with Crippen LogP contribution in [0.15, 0.2) is 54.6 Å². The van der Waals surface area contributed by atoms with Gasteiger partial charge < -0.3 is 25.4 Å². The van der Waals surface area contributed by atoms with Gasteiger partial charge in [-0.2, -0.15) is 0 Å². The molecule has 3 N–H and O–H groups in total. The molecule has 3 amide bonds. The minimum Gasteiger partial charge on any atom is -0.395 e. The Bertz CT molecular complexity index is 1340. The van der Waals surface area contributed by atoms with Crippen LogP contribution in [0.3, 0.4) is 0 Å². The number of alkyl halides is 2. The Morgan fingerprint density at radius 2 is 1.72 bits per heavy atom. The van der Waals surface area contributed by atoms with E-state index in [1.807, 2.05) is 37.3 Å². The number of benzene rings is 2. The third-order valence-corrected chi connectivity index (χ3v) is 6.38. The summed E-state index contributed by atoms with van der Waals surface area (Å²) in [6.45, 7) is 2.32. The Balaban J connectivity index is 1.32. The SMILES string of the molecule is CNC(=O)NCc1ccc(-c2nc(NC(=O)C3(c4ccc5c(c4)OC(F)(F)O5)CC3)ccc2C)cc1. The summed E-state index contributed by atoms with van der Waals surface area (Å²) in [6, 6.07) is 15.4. The van der Waals surface area contributed by atoms with E-state index in [-0.39, 0.29) is 23.4 Å². The number of ether oxygens (including phenoxy) is 2. The maximum absolute atomic E-state index is 13.4. The fraction of sp³-hybridized carbons (Fsp3) is 0.269. The molecular formula is C26H24F2N4O4. The summed E-state index contributed by atoms with van der Waals surface area (Å²) in [4.78, 5) is 29.3. The molecule has 5 rings (SSSR count). The number of hydrogen-bond acceptors (Lipinski definition) is 5. The highest BCUT2D eigenvalue weighted by Crippen LogP contribution is 2.52. The summed E-state index contributed by atoms with van der Waals surface area (Å²) < 4.78 is 35.8. The zero-order valence-electron chi connectivity index (χ0n) is 19.7. The average molecular weight is 494 g/mol. The van der Waals surface area contributed by atoms with Crippen molar-refractivity contribution in [2.24, 2.45) is 0 Å². The molecule has 1 aliphatic carbocycles. The molecule has 1 aromatic heterocycles. The predicted molar refractivity (Wildman–Crippen MR) is 128 cm³/mol. The zero-order chi connectivity index (χ0) is 25.5. The van der Waals surface area contributed by atoms with E-state index in [1.54, 1.807) is 19.2 Å². The van der Waals surface area contributed by atoms with E-state index in [4.69, 9.17) is 0 Å². The molecule has 3 aromatic rings. The zero-order valence-corrected chi connectivity index (χ0v) is 19.7. The van der Waals surface area contributed by atoms with Crippen molar-refractivity contribution in [2.75, 3.05) is 12.4 Å². The molecule has 36 heavy (non-hydrogen) atoms. The lowest BCUT2D eigenvalue weighted by atomic mass is 9.94. The first-order valence-corrected chi connectivity index (χ1v) is 11.4. The van der Waals surface area contributed by atoms with E-state index in [9.17, 15) is 18.4 Å². The molecule has 10 heteroatoms. The van der Waals surface area contributed by atoms with Crippen molar-refractivity contribution in [1.82, 2.24) is 15.6 Å². The summed E-state index contributed by atoms with van der Waals surface area (Å²) in [5, 5.41) is 8.13. The van der Waals surface area contributed by atoms with Crippen molar-refractivity contribution in [3.63, 3.8) is 0 Å². The summed E-state index contributed by atoms with van der Waals surface area (Å²) in [6.07, 6.45) is -2.54. The Morgan fingerprint density at radius 3 is 2.42 bits per heavy atom. The number of hydrogen-bond donors (Lipinski definition) is 3. The van der Waals surface area contributed by atoms with Gasteiger partial charge in [0.05, 0.1) is 11.1 Å². The molecule has 8 nitrogen and oxygen atoms in total. The van der Waals surface area contributed by atoms with Crippen LogP contribution in [0.4, 0.5) is 19.4 Å². The number of carbonyl (C=O) groups is 2. The van der Waals surface area contributed by atoms with Crippen LogP contribution >= 0.6 is 0 Å². The highest BCUT2D eigenvalue weighted by atomic mass is 19.3. The second kappa shape index (κ2) is 8.78. The molecule has 1 fully saturated rings. The van der Waals surface area contributed by atoms with Gasteiger partial charge in [0.2, 0.25) is 5.91 Å². The van der Waals surface area contributed by atoms with Gasteiger partial charge in [0.1, 0.15) is 5.82 Å². The smallest absolute Gasteiger partial charge is 0.395 e. The van der Waals surface area contributed by atoms with Crippen LogP contribution in [0.2, 0.25) is 0 Å². The normalized spacial score (nSPS) is 16.2. The van der Waals surface area contributed by atoms with Gasteiger partial charge in [-0.15, -0.1) is 8.78 Å². The molecule has 0 spiro atoms. The highest BCUT2D eigenvalue weighted by molar-refractivity contribution is 6.01. The Kier molecular flexibility index (Phi) is 5.74. The highest BCUT2D eigenvalue weighted by Gasteiger charge is 2.53. The second-order valence-electron chi connectivity index (χ2n) is 8.86. The predicted octanol–water partition coefficient (Wildman–Crippen LogP) is 4.48. The van der Waals surface area contributed by atoms with Gasteiger partial charge in [-0.25, -0.2) is 9.78 Å². The van der Waals surface area contributed by atoms with Gasteiger partial charge in [-0.05, 0) is 54.7 Å². The molecule has 0 saturated heterocycles. The minimum absolute atomic E-state index is 0.0553. The largest absolute Gasteiger partial charge is 0.586 e. The van der Waals surface area contributed by atoms with Crippen molar-refractivity contribution in [3.05, 3.63) is 71.3 Å². The fourth-order valence-corrected chi connectivity index (χ4v) is 4.20. The molecule has 1 aliphatic heterocycles. The molecule has 0 bridgehead atoms. The van der Waals surface area contributed by atoms with E-state index in [2.05, 4.69) is 30.4 Å². The molecule has 186 valence electrons. The lowest BCUT2D eigenvalue weighted by Crippen LogP contribution is -2.32. The summed E-state index contributed by atoms with van der Waals surface area (Å²) in [5.41, 5.74) is 3.21. The van der Waals surface area contributed by atoms with Crippen LogP contribution in [0.1, 0.15) is 29.5 Å². The van der Waals surface area contributed by atoms with Crippen LogP contribution in [-0.4, -0.2) is 30.3 Å². The fourth-order valence-electron chi connectivity index (χ4n) is 4.20. The van der Waals surface area contributed by atoms with Gasteiger partial charge in [0.15, 0.2) is 11.5 Å². The monoisotopic (exact) mass is 494 g/mol. The maximum Gasteiger partial charge on any atom is 0.586 e. The lowest BCUT2D eigenvalue weighted by Gasteiger charge is -2.17. The standard InChI is InChI=1S/C26H24F2N4O4/c1-15-3-10-21(31-22(15)17-6-4-16(5-7-17)14-30-24(34)29-2)32-23(33)25(11-12-25)18-8-9-19-20(13-18)36-26(27,28)35-19/h3-10,13H,11-12,14H2,1-2H3,(H2,29,30,34)(H,31,32,33). The molecule has 0 atom stereocenters. The molecule has 1 saturated carbocycles. The van der Waals surface area contributed by atoms with E-state index >= 15 is 0 Å². The number of amides is 3. The molecule has 2 heterocycles. The van der Waals surface area contributed by atoms with Gasteiger partial charge in [-0.1, -0.05) is 36.4 Å². The number of rotatable bonds is 6. The third kappa shape index (κ3) is 4.53. The van der Waals surface area contributed by atoms with Gasteiger partial charge >= 0.3 is 12.3 Å². The Morgan fingerprint density at radius 1 is 1.00 bits per heavy atom. The first-order chi connectivity index (χ1) is 17.2. The topological polar surface area (TPSA) is 102 Å². The van der Waals surface area contributed by atoms with Gasteiger partial charge in [0, 0.05) is 19.2 Å². The summed E-state index contributed by atoms with van der Waals surface area (Å²) in [5.74, 6) is -0.00270. The van der Waals surface area contributed by atoms with E-state index in [0.717, 1.165) is 16.7 Å². The van der Waals surface area contributed by atoms with Crippen molar-refractivity contribution < 1.29 is 27.8 Å². The number of halogens is 2. The van der Waals surface area contributed by atoms with Crippen molar-refractivity contribution in [3.8, 4) is 22.8 Å². The van der Waals surface area contributed by atoms with Crippen molar-refractivity contribution in [2.45, 2.75) is 38.0 Å². The van der Waals surface area contributed by atoms with Gasteiger partial charge in [-0.3, -0.25) is 4.79 Å². The van der Waals surface area contributed by atoms with Crippen LogP contribution in [-0.2, 0) is 16.8 Å². The quantitative estimate of drug-likeness (QED) is 0.469. The molecule has 2 aromatic carbocycles.